The first-order valence-electron chi connectivity index (χ1n) is 7.71. The molecule has 0 saturated carbocycles. The zero-order chi connectivity index (χ0) is 19.2. The smallest absolute Gasteiger partial charge is 0.269 e. The summed E-state index contributed by atoms with van der Waals surface area (Å²) in [5.74, 6) is -0.275. The number of benzene rings is 1. The summed E-state index contributed by atoms with van der Waals surface area (Å²) in [7, 11) is -2.20. The van der Waals surface area contributed by atoms with Crippen molar-refractivity contribution in [3.63, 3.8) is 0 Å². The normalized spacial score (nSPS) is 11.6. The van der Waals surface area contributed by atoms with E-state index in [1.54, 1.807) is 42.8 Å². The van der Waals surface area contributed by atoms with E-state index in [9.17, 15) is 18.5 Å². The third kappa shape index (κ3) is 6.22. The lowest BCUT2D eigenvalue weighted by molar-refractivity contribution is -0.696. The number of hydrogen-bond acceptors (Lipinski definition) is 6. The Labute approximate surface area is 151 Å². The first-order valence-corrected chi connectivity index (χ1v) is 9.32. The van der Waals surface area contributed by atoms with Crippen LogP contribution in [-0.2, 0) is 16.7 Å². The molecule has 0 radical (unpaired) electrons. The van der Waals surface area contributed by atoms with Gasteiger partial charge in [-0.2, -0.15) is 13.5 Å². The molecule has 1 aromatic heterocycles. The van der Waals surface area contributed by atoms with Gasteiger partial charge >= 0.3 is 0 Å². The second-order valence-electron chi connectivity index (χ2n) is 5.55. The molecule has 2 aromatic rings. The van der Waals surface area contributed by atoms with Gasteiger partial charge in [0, 0.05) is 43.3 Å². The van der Waals surface area contributed by atoms with Crippen molar-refractivity contribution in [2.24, 2.45) is 5.10 Å². The number of nitro benzene ring substituents is 1. The van der Waals surface area contributed by atoms with Crippen molar-refractivity contribution in [3.05, 3.63) is 64.5 Å². The lowest BCUT2D eigenvalue weighted by Gasteiger charge is -2.12. The molecule has 0 aliphatic rings. The molecule has 0 bridgehead atoms. The molecule has 0 fully saturated rings. The first kappa shape index (κ1) is 19.5. The third-order valence-corrected chi connectivity index (χ3v) is 4.35. The molecule has 138 valence electrons. The summed E-state index contributed by atoms with van der Waals surface area (Å²) in [5.41, 5.74) is 1.57. The van der Waals surface area contributed by atoms with E-state index in [0.717, 1.165) is 5.56 Å². The molecular formula is C16H19N4O5S+. The molecule has 0 aliphatic carbocycles. The Bertz CT molecular complexity index is 880. The van der Waals surface area contributed by atoms with Crippen molar-refractivity contribution < 1.29 is 22.5 Å². The van der Waals surface area contributed by atoms with Gasteiger partial charge in [-0.25, -0.2) is 4.57 Å². The molecule has 1 heterocycles. The van der Waals surface area contributed by atoms with Gasteiger partial charge in [0.15, 0.2) is 12.4 Å². The van der Waals surface area contributed by atoms with Crippen molar-refractivity contribution in [2.75, 3.05) is 17.8 Å². The average molecular weight is 379 g/mol. The van der Waals surface area contributed by atoms with Crippen molar-refractivity contribution >= 4 is 27.7 Å². The summed E-state index contributed by atoms with van der Waals surface area (Å²) in [4.78, 5) is 10.2. The molecule has 0 spiro atoms. The van der Waals surface area contributed by atoms with Gasteiger partial charge in [-0.15, -0.1) is 0 Å². The minimum absolute atomic E-state index is 0.0211. The topological polar surface area (TPSA) is 117 Å². The lowest BCUT2D eigenvalue weighted by Crippen LogP contribution is -2.33. The Morgan fingerprint density at radius 2 is 1.85 bits per heavy atom. The van der Waals surface area contributed by atoms with Crippen LogP contribution in [0.4, 0.5) is 11.4 Å². The number of anilines is 1. The second kappa shape index (κ2) is 8.50. The minimum Gasteiger partial charge on any atom is -0.286 e. The Hall–Kier alpha value is -2.85. The number of pyridine rings is 1. The fraction of sp³-hybridized carbons (Fsp3) is 0.250. The summed E-state index contributed by atoms with van der Waals surface area (Å²) >= 11 is 0. The maximum atomic E-state index is 10.7. The van der Waals surface area contributed by atoms with Gasteiger partial charge in [0.05, 0.1) is 22.6 Å². The number of aryl methyl sites for hydroxylation is 1. The van der Waals surface area contributed by atoms with Crippen LogP contribution in [0.5, 0.6) is 0 Å². The molecule has 10 heteroatoms. The van der Waals surface area contributed by atoms with Crippen LogP contribution in [0.3, 0.4) is 0 Å². The molecule has 0 unspecified atom stereocenters. The molecular weight excluding hydrogens is 360 g/mol. The van der Waals surface area contributed by atoms with E-state index in [-0.39, 0.29) is 11.4 Å². The van der Waals surface area contributed by atoms with E-state index < -0.39 is 15.0 Å². The standard InChI is InChI=1S/C16H18N4O5S/c1-18(15-3-5-16(6-4-15)20(21)22)17-13-14-7-10-19(11-8-14)9-2-12-26(23,24)25/h3-8,10-11,13H,2,9,12H2,1H3/p+1. The Balaban J connectivity index is 1.93. The average Bonchev–Trinajstić information content (AvgIpc) is 2.60. The first-order chi connectivity index (χ1) is 12.2. The number of hydrogen-bond donors (Lipinski definition) is 1. The third-order valence-electron chi connectivity index (χ3n) is 3.55. The highest BCUT2D eigenvalue weighted by molar-refractivity contribution is 7.85. The monoisotopic (exact) mass is 379 g/mol. The maximum absolute atomic E-state index is 10.7. The Kier molecular flexibility index (Phi) is 6.36. The number of non-ortho nitro benzene ring substituents is 1. The van der Waals surface area contributed by atoms with Gasteiger partial charge in [0.25, 0.3) is 15.8 Å². The Morgan fingerprint density at radius 1 is 1.23 bits per heavy atom. The van der Waals surface area contributed by atoms with Crippen LogP contribution in [0.25, 0.3) is 0 Å². The van der Waals surface area contributed by atoms with Crippen LogP contribution in [0, 0.1) is 10.1 Å². The number of nitro groups is 1. The van der Waals surface area contributed by atoms with Crippen LogP contribution in [-0.4, -0.2) is 36.9 Å². The molecule has 1 N–H and O–H groups in total. The molecule has 0 aliphatic heterocycles. The summed E-state index contributed by atoms with van der Waals surface area (Å²) in [5, 5.41) is 16.5. The number of nitrogens with zero attached hydrogens (tertiary/aromatic N) is 4. The van der Waals surface area contributed by atoms with E-state index >= 15 is 0 Å². The highest BCUT2D eigenvalue weighted by atomic mass is 32.2. The molecule has 0 saturated heterocycles. The zero-order valence-corrected chi connectivity index (χ0v) is 14.9. The van der Waals surface area contributed by atoms with E-state index in [2.05, 4.69) is 5.10 Å². The van der Waals surface area contributed by atoms with Crippen molar-refractivity contribution in [2.45, 2.75) is 13.0 Å². The largest absolute Gasteiger partial charge is 0.286 e. The Morgan fingerprint density at radius 3 is 2.38 bits per heavy atom. The van der Waals surface area contributed by atoms with Crippen molar-refractivity contribution in [1.82, 2.24) is 0 Å². The maximum Gasteiger partial charge on any atom is 0.269 e. The van der Waals surface area contributed by atoms with E-state index in [1.165, 1.54) is 12.1 Å². The highest BCUT2D eigenvalue weighted by Crippen LogP contribution is 2.18. The summed E-state index contributed by atoms with van der Waals surface area (Å²) in [6.07, 6.45) is 5.54. The number of aromatic nitrogens is 1. The van der Waals surface area contributed by atoms with Crippen molar-refractivity contribution in [1.29, 1.82) is 0 Å². The predicted octanol–water partition coefficient (Wildman–Crippen LogP) is 1.63. The minimum atomic E-state index is -3.93. The summed E-state index contributed by atoms with van der Waals surface area (Å²) in [6, 6.07) is 9.70. The van der Waals surface area contributed by atoms with E-state index in [1.807, 2.05) is 16.7 Å². The van der Waals surface area contributed by atoms with Gasteiger partial charge in [0.2, 0.25) is 0 Å². The zero-order valence-electron chi connectivity index (χ0n) is 14.1. The summed E-state index contributed by atoms with van der Waals surface area (Å²) < 4.78 is 31.9. The van der Waals surface area contributed by atoms with Crippen LogP contribution >= 0.6 is 0 Å². The van der Waals surface area contributed by atoms with Gasteiger partial charge < -0.3 is 0 Å². The van der Waals surface area contributed by atoms with E-state index in [0.29, 0.717) is 18.7 Å². The molecule has 26 heavy (non-hydrogen) atoms. The van der Waals surface area contributed by atoms with Crippen LogP contribution < -0.4 is 9.58 Å². The molecule has 2 rings (SSSR count). The van der Waals surface area contributed by atoms with Crippen LogP contribution in [0.15, 0.2) is 53.9 Å². The van der Waals surface area contributed by atoms with Crippen LogP contribution in [0.2, 0.25) is 0 Å². The predicted molar refractivity (Wildman–Crippen MR) is 96.8 cm³/mol. The molecule has 1 aromatic carbocycles. The molecule has 0 amide bonds. The van der Waals surface area contributed by atoms with Crippen molar-refractivity contribution in [3.8, 4) is 0 Å². The SMILES string of the molecule is CN(/N=C/c1cc[n+](CCCS(=O)(=O)O)cc1)c1ccc([N+](=O)[O-])cc1. The number of hydrazone groups is 1. The molecule has 9 nitrogen and oxygen atoms in total. The fourth-order valence-corrected chi connectivity index (χ4v) is 2.64. The second-order valence-corrected chi connectivity index (χ2v) is 7.12. The van der Waals surface area contributed by atoms with Gasteiger partial charge in [-0.1, -0.05) is 0 Å². The van der Waals surface area contributed by atoms with Gasteiger partial charge in [0.1, 0.15) is 6.54 Å². The number of rotatable bonds is 8. The quantitative estimate of drug-likeness (QED) is 0.245. The van der Waals surface area contributed by atoms with Gasteiger partial charge in [-0.05, 0) is 12.1 Å². The van der Waals surface area contributed by atoms with Crippen LogP contribution in [0.1, 0.15) is 12.0 Å². The highest BCUT2D eigenvalue weighted by Gasteiger charge is 2.08. The summed E-state index contributed by atoms with van der Waals surface area (Å²) in [6.45, 7) is 0.472. The fourth-order valence-electron chi connectivity index (χ4n) is 2.14. The van der Waals surface area contributed by atoms with E-state index in [4.69, 9.17) is 4.55 Å². The lowest BCUT2D eigenvalue weighted by atomic mass is 10.3. The van der Waals surface area contributed by atoms with Gasteiger partial charge in [-0.3, -0.25) is 19.7 Å². The molecule has 0 atom stereocenters.